The van der Waals surface area contributed by atoms with Crippen LogP contribution in [0.25, 0.3) is 11.6 Å². The van der Waals surface area contributed by atoms with Gasteiger partial charge in [0.1, 0.15) is 5.76 Å². The normalized spacial score (nSPS) is 12.4. The summed E-state index contributed by atoms with van der Waals surface area (Å²) >= 11 is 5.77. The van der Waals surface area contributed by atoms with Crippen LogP contribution in [0.15, 0.2) is 36.6 Å². The molecule has 0 aliphatic heterocycles. The molecule has 0 aromatic heterocycles. The molecule has 0 saturated heterocycles. The van der Waals surface area contributed by atoms with Crippen LogP contribution < -0.4 is 10.4 Å². The van der Waals surface area contributed by atoms with Gasteiger partial charge in [0.05, 0.1) is 5.03 Å². The molecular formula is C10H9ClO. The predicted molar refractivity (Wildman–Crippen MR) is 52.2 cm³/mol. The van der Waals surface area contributed by atoms with Gasteiger partial charge >= 0.3 is 0 Å². The van der Waals surface area contributed by atoms with E-state index in [2.05, 4.69) is 13.2 Å². The highest BCUT2D eigenvalue weighted by atomic mass is 35.5. The van der Waals surface area contributed by atoms with E-state index in [1.54, 1.807) is 6.07 Å². The highest BCUT2D eigenvalue weighted by molar-refractivity contribution is 6.47. The lowest BCUT2D eigenvalue weighted by molar-refractivity contribution is 0.442. The van der Waals surface area contributed by atoms with Gasteiger partial charge in [-0.25, -0.2) is 0 Å². The standard InChI is InChI=1S/C10H9ClO/c1-7-5-3-4-6-9(7)10(11)8(2)12/h3-6,12H,1-2H2/b10-9+. The summed E-state index contributed by atoms with van der Waals surface area (Å²) in [6.07, 6.45) is 0. The van der Waals surface area contributed by atoms with Crippen LogP contribution in [0.3, 0.4) is 0 Å². The maximum atomic E-state index is 9.01. The van der Waals surface area contributed by atoms with Gasteiger partial charge in [-0.1, -0.05) is 49.0 Å². The molecular weight excluding hydrogens is 172 g/mol. The fourth-order valence-electron chi connectivity index (χ4n) is 0.890. The van der Waals surface area contributed by atoms with Gasteiger partial charge in [0, 0.05) is 5.22 Å². The summed E-state index contributed by atoms with van der Waals surface area (Å²) in [5.74, 6) is -0.132. The second-order valence-electron chi connectivity index (χ2n) is 2.42. The molecule has 2 heteroatoms. The SMILES string of the molecule is C=C(O)/C(Cl)=c1/ccccc1=C. The van der Waals surface area contributed by atoms with Gasteiger partial charge in [0.2, 0.25) is 0 Å². The molecule has 0 heterocycles. The molecule has 0 amide bonds. The minimum Gasteiger partial charge on any atom is -0.507 e. The summed E-state index contributed by atoms with van der Waals surface area (Å²) in [4.78, 5) is 0. The van der Waals surface area contributed by atoms with E-state index >= 15 is 0 Å². The molecule has 0 saturated carbocycles. The van der Waals surface area contributed by atoms with Crippen molar-refractivity contribution in [3.05, 3.63) is 47.0 Å². The number of hydrogen-bond acceptors (Lipinski definition) is 1. The van der Waals surface area contributed by atoms with Crippen LogP contribution in [-0.4, -0.2) is 5.11 Å². The fraction of sp³-hybridized carbons (Fsp3) is 0. The van der Waals surface area contributed by atoms with E-state index in [0.717, 1.165) is 5.22 Å². The lowest BCUT2D eigenvalue weighted by atomic mass is 10.2. The topological polar surface area (TPSA) is 20.2 Å². The van der Waals surface area contributed by atoms with Crippen molar-refractivity contribution in [3.63, 3.8) is 0 Å². The maximum absolute atomic E-state index is 9.01. The summed E-state index contributed by atoms with van der Waals surface area (Å²) in [5, 5.41) is 10.7. The van der Waals surface area contributed by atoms with E-state index in [0.29, 0.717) is 5.22 Å². The van der Waals surface area contributed by atoms with Crippen LogP contribution in [0.1, 0.15) is 0 Å². The third kappa shape index (κ3) is 1.69. The number of rotatable bonds is 1. The Balaban J connectivity index is 3.56. The molecule has 0 radical (unpaired) electrons. The van der Waals surface area contributed by atoms with Crippen LogP contribution in [-0.2, 0) is 0 Å². The van der Waals surface area contributed by atoms with Crippen molar-refractivity contribution in [2.24, 2.45) is 0 Å². The van der Waals surface area contributed by atoms with E-state index in [9.17, 15) is 0 Å². The van der Waals surface area contributed by atoms with E-state index < -0.39 is 0 Å². The highest BCUT2D eigenvalue weighted by Crippen LogP contribution is 2.06. The summed E-state index contributed by atoms with van der Waals surface area (Å²) in [7, 11) is 0. The monoisotopic (exact) mass is 180 g/mol. The van der Waals surface area contributed by atoms with Gasteiger partial charge in [-0.05, 0) is 5.22 Å². The third-order valence-corrected chi connectivity index (χ3v) is 1.93. The van der Waals surface area contributed by atoms with Crippen LogP contribution >= 0.6 is 11.6 Å². The molecule has 0 unspecified atom stereocenters. The van der Waals surface area contributed by atoms with Gasteiger partial charge in [-0.3, -0.25) is 0 Å². The average molecular weight is 181 g/mol. The van der Waals surface area contributed by atoms with Crippen molar-refractivity contribution in [1.29, 1.82) is 0 Å². The predicted octanol–water partition coefficient (Wildman–Crippen LogP) is 1.52. The summed E-state index contributed by atoms with van der Waals surface area (Å²) < 4.78 is 0. The van der Waals surface area contributed by atoms with E-state index in [-0.39, 0.29) is 10.8 Å². The van der Waals surface area contributed by atoms with Crippen molar-refractivity contribution in [3.8, 4) is 0 Å². The Hall–Kier alpha value is -1.21. The van der Waals surface area contributed by atoms with Crippen molar-refractivity contribution in [1.82, 2.24) is 0 Å². The Morgan fingerprint density at radius 1 is 1.33 bits per heavy atom. The first-order chi connectivity index (χ1) is 5.63. The number of benzene rings is 1. The fourth-order valence-corrected chi connectivity index (χ4v) is 1.07. The zero-order valence-corrected chi connectivity index (χ0v) is 7.30. The number of aliphatic hydroxyl groups excluding tert-OH is 1. The Morgan fingerprint density at radius 2 is 1.92 bits per heavy atom. The van der Waals surface area contributed by atoms with Crippen LogP contribution in [0, 0.1) is 0 Å². The molecule has 1 nitrogen and oxygen atoms in total. The highest BCUT2D eigenvalue weighted by Gasteiger charge is 1.96. The van der Waals surface area contributed by atoms with E-state index in [1.807, 2.05) is 18.2 Å². The summed E-state index contributed by atoms with van der Waals surface area (Å²) in [6, 6.07) is 7.29. The lowest BCUT2D eigenvalue weighted by Gasteiger charge is -1.94. The zero-order chi connectivity index (χ0) is 9.14. The molecule has 0 aliphatic carbocycles. The first-order valence-electron chi connectivity index (χ1n) is 3.45. The second kappa shape index (κ2) is 3.46. The maximum Gasteiger partial charge on any atom is 0.127 e. The van der Waals surface area contributed by atoms with Crippen LogP contribution in [0.2, 0.25) is 0 Å². The molecule has 0 fully saturated rings. The largest absolute Gasteiger partial charge is 0.507 e. The van der Waals surface area contributed by atoms with Crippen molar-refractivity contribution >= 4 is 23.2 Å². The molecule has 12 heavy (non-hydrogen) atoms. The molecule has 0 bridgehead atoms. The molecule has 0 atom stereocenters. The summed E-state index contributed by atoms with van der Waals surface area (Å²) in [5.41, 5.74) is 0. The molecule has 0 spiro atoms. The molecule has 1 N–H and O–H groups in total. The van der Waals surface area contributed by atoms with Crippen molar-refractivity contribution in [2.45, 2.75) is 0 Å². The number of halogens is 1. The van der Waals surface area contributed by atoms with Gasteiger partial charge in [-0.2, -0.15) is 0 Å². The minimum absolute atomic E-state index is 0.132. The summed E-state index contributed by atoms with van der Waals surface area (Å²) in [6.45, 7) is 7.10. The molecule has 0 aliphatic rings. The quantitative estimate of drug-likeness (QED) is 0.650. The minimum atomic E-state index is -0.132. The average Bonchev–Trinajstić information content (AvgIpc) is 2.04. The van der Waals surface area contributed by atoms with Crippen LogP contribution in [0.5, 0.6) is 0 Å². The Bertz CT molecular complexity index is 406. The lowest BCUT2D eigenvalue weighted by Crippen LogP contribution is -2.23. The zero-order valence-electron chi connectivity index (χ0n) is 6.55. The number of hydrogen-bond donors (Lipinski definition) is 1. The molecule has 1 aromatic carbocycles. The smallest absolute Gasteiger partial charge is 0.127 e. The number of aliphatic hydroxyl groups is 1. The van der Waals surface area contributed by atoms with Gasteiger partial charge in [0.15, 0.2) is 0 Å². The molecule has 1 rings (SSSR count). The van der Waals surface area contributed by atoms with E-state index in [4.69, 9.17) is 16.7 Å². The third-order valence-electron chi connectivity index (χ3n) is 1.51. The van der Waals surface area contributed by atoms with Gasteiger partial charge in [0.25, 0.3) is 0 Å². The molecule has 1 aromatic rings. The Labute approximate surface area is 75.9 Å². The first kappa shape index (κ1) is 8.88. The van der Waals surface area contributed by atoms with Gasteiger partial charge in [-0.15, -0.1) is 0 Å². The van der Waals surface area contributed by atoms with E-state index in [1.165, 1.54) is 0 Å². The Morgan fingerprint density at radius 3 is 2.42 bits per heavy atom. The number of allylic oxidation sites excluding steroid dienone is 1. The van der Waals surface area contributed by atoms with Gasteiger partial charge < -0.3 is 5.11 Å². The first-order valence-corrected chi connectivity index (χ1v) is 3.83. The molecule has 62 valence electrons. The van der Waals surface area contributed by atoms with Crippen molar-refractivity contribution < 1.29 is 5.11 Å². The second-order valence-corrected chi connectivity index (χ2v) is 2.80. The van der Waals surface area contributed by atoms with Crippen molar-refractivity contribution in [2.75, 3.05) is 0 Å². The Kier molecular flexibility index (Phi) is 2.56. The van der Waals surface area contributed by atoms with Crippen LogP contribution in [0.4, 0.5) is 0 Å².